The fourth-order valence-electron chi connectivity index (χ4n) is 9.29. The molecule has 326 valence electrons. The molecule has 0 bridgehead atoms. The Balaban J connectivity index is 0.951. The largest absolute Gasteiger partial charge is 0.323 e. The summed E-state index contributed by atoms with van der Waals surface area (Å²) in [7, 11) is 0. The maximum atomic E-state index is 16.3. The van der Waals surface area contributed by atoms with Crippen LogP contribution in [0.4, 0.5) is 17.6 Å². The number of pyridine rings is 2. The molecule has 0 radical (unpaired) electrons. The van der Waals surface area contributed by atoms with Crippen molar-refractivity contribution in [2.75, 3.05) is 0 Å². The summed E-state index contributed by atoms with van der Waals surface area (Å²) in [5.74, 6) is -3.63. The minimum absolute atomic E-state index is 0.0708. The van der Waals surface area contributed by atoms with E-state index in [1.165, 1.54) is 24.3 Å². The van der Waals surface area contributed by atoms with Crippen molar-refractivity contribution >= 4 is 44.1 Å². The minimum atomic E-state index is -1.52. The van der Waals surface area contributed by atoms with Gasteiger partial charge in [-0.05, 0) is 112 Å². The van der Waals surface area contributed by atoms with E-state index < -0.39 is 34.4 Å². The first-order valence-electron chi connectivity index (χ1n) is 21.9. The van der Waals surface area contributed by atoms with Crippen molar-refractivity contribution in [2.45, 2.75) is 53.9 Å². The van der Waals surface area contributed by atoms with Crippen LogP contribution in [0.3, 0.4) is 0 Å². The molecule has 0 aliphatic heterocycles. The lowest BCUT2D eigenvalue weighted by atomic mass is 9.96. The monoisotopic (exact) mass is 880 g/mol. The highest BCUT2D eigenvalue weighted by Crippen LogP contribution is 2.40. The average Bonchev–Trinajstić information content (AvgIpc) is 4.13. The van der Waals surface area contributed by atoms with Gasteiger partial charge in [-0.2, -0.15) is 0 Å². The van der Waals surface area contributed by atoms with Crippen LogP contribution < -0.4 is 0 Å². The molecule has 0 atom stereocenters. The van der Waals surface area contributed by atoms with Crippen LogP contribution in [0.1, 0.15) is 27.7 Å². The first-order valence-corrected chi connectivity index (χ1v) is 21.9. The average molecular weight is 881 g/mol. The van der Waals surface area contributed by atoms with Gasteiger partial charge in [0.2, 0.25) is 0 Å². The molecule has 66 heavy (non-hydrogen) atoms. The van der Waals surface area contributed by atoms with Gasteiger partial charge in [-0.3, -0.25) is 0 Å². The van der Waals surface area contributed by atoms with Gasteiger partial charge in [0, 0.05) is 26.2 Å². The summed E-state index contributed by atoms with van der Waals surface area (Å²) >= 11 is 0. The van der Waals surface area contributed by atoms with E-state index >= 15 is 17.6 Å². The molecule has 0 saturated carbocycles. The fraction of sp³-hybridized carbons (Fsp3) is 0.154. The van der Waals surface area contributed by atoms with Gasteiger partial charge in [0.15, 0.2) is 46.6 Å². The number of aromatic nitrogens is 10. The van der Waals surface area contributed by atoms with E-state index in [4.69, 9.17) is 29.9 Å². The number of para-hydroxylation sites is 4. The summed E-state index contributed by atoms with van der Waals surface area (Å²) in [4.78, 5) is 29.4. The zero-order valence-electron chi connectivity index (χ0n) is 36.4. The molecule has 0 amide bonds. The highest BCUT2D eigenvalue weighted by atomic mass is 19.2. The number of fused-ring (bicyclic) bond motifs is 4. The standard InChI is InChI=1S/C52H40F4N10/c1-5-63-39-21-11-9-15-31(39)59-49(63)33-17-13-19-35(57-33)51-61-37-27-29(23-25-41(37)65(51)7-3)43-45(53)47(55)44(48(56)46(43)54)30-24-26-42-38(28-30)62-52(66(42)8-4)36-20-14-18-34(58-36)50-60-32-16-10-12-22-40(32)64(50)6-2/h9-28H,5-8H2,1-4H3. The van der Waals surface area contributed by atoms with E-state index in [2.05, 4.69) is 23.0 Å². The van der Waals surface area contributed by atoms with Crippen molar-refractivity contribution in [1.82, 2.24) is 48.2 Å². The highest BCUT2D eigenvalue weighted by molar-refractivity contribution is 5.89. The molecule has 10 nitrogen and oxygen atoms in total. The molecule has 14 heteroatoms. The van der Waals surface area contributed by atoms with Gasteiger partial charge in [-0.1, -0.05) is 48.5 Å². The van der Waals surface area contributed by atoms with E-state index in [0.717, 1.165) is 22.1 Å². The molecular weight excluding hydrogens is 841 g/mol. The lowest BCUT2D eigenvalue weighted by molar-refractivity contribution is 0.463. The van der Waals surface area contributed by atoms with Crippen LogP contribution in [0.15, 0.2) is 121 Å². The molecule has 6 heterocycles. The summed E-state index contributed by atoms with van der Waals surface area (Å²) in [6, 6.07) is 36.1. The summed E-state index contributed by atoms with van der Waals surface area (Å²) in [5, 5.41) is 0. The summed E-state index contributed by atoms with van der Waals surface area (Å²) in [6.45, 7) is 10.4. The third-order valence-electron chi connectivity index (χ3n) is 12.3. The Bertz CT molecular complexity index is 3460. The van der Waals surface area contributed by atoms with E-state index in [1.807, 2.05) is 108 Å². The van der Waals surface area contributed by atoms with Gasteiger partial charge < -0.3 is 18.3 Å². The van der Waals surface area contributed by atoms with Gasteiger partial charge in [-0.15, -0.1) is 0 Å². The number of hydrogen-bond donors (Lipinski definition) is 0. The molecule has 0 aliphatic carbocycles. The van der Waals surface area contributed by atoms with Crippen LogP contribution in [-0.4, -0.2) is 48.2 Å². The number of hydrogen-bond acceptors (Lipinski definition) is 6. The Hall–Kier alpha value is -8.00. The van der Waals surface area contributed by atoms with Crippen LogP contribution in [0.5, 0.6) is 0 Å². The maximum Gasteiger partial charge on any atom is 0.170 e. The molecule has 0 saturated heterocycles. The number of aryl methyl sites for hydroxylation is 4. The van der Waals surface area contributed by atoms with Crippen molar-refractivity contribution < 1.29 is 17.6 Å². The van der Waals surface area contributed by atoms with E-state index in [0.29, 0.717) is 94.3 Å². The Kier molecular flexibility index (Phi) is 9.82. The van der Waals surface area contributed by atoms with Gasteiger partial charge in [0.05, 0.1) is 55.3 Å². The lowest BCUT2D eigenvalue weighted by Crippen LogP contribution is -2.04. The van der Waals surface area contributed by atoms with Gasteiger partial charge in [-0.25, -0.2) is 47.5 Å². The molecule has 0 aliphatic rings. The Morgan fingerprint density at radius 3 is 0.970 bits per heavy atom. The molecule has 0 fully saturated rings. The maximum absolute atomic E-state index is 16.3. The quantitative estimate of drug-likeness (QED) is 0.100. The van der Waals surface area contributed by atoms with Crippen molar-refractivity contribution in [2.24, 2.45) is 0 Å². The highest BCUT2D eigenvalue weighted by Gasteiger charge is 2.29. The van der Waals surface area contributed by atoms with Crippen LogP contribution in [0.2, 0.25) is 0 Å². The van der Waals surface area contributed by atoms with Crippen molar-refractivity contribution in [1.29, 1.82) is 0 Å². The second kappa shape index (κ2) is 15.9. The van der Waals surface area contributed by atoms with Crippen LogP contribution in [-0.2, 0) is 26.2 Å². The van der Waals surface area contributed by atoms with Crippen LogP contribution in [0.25, 0.3) is 112 Å². The summed E-state index contributed by atoms with van der Waals surface area (Å²) in [6.07, 6.45) is 0. The zero-order chi connectivity index (χ0) is 45.4. The van der Waals surface area contributed by atoms with E-state index in [-0.39, 0.29) is 11.1 Å². The normalized spacial score (nSPS) is 11.9. The lowest BCUT2D eigenvalue weighted by Gasteiger charge is -2.13. The number of benzene rings is 5. The Labute approximate surface area is 375 Å². The predicted octanol–water partition coefficient (Wildman–Crippen LogP) is 12.5. The predicted molar refractivity (Wildman–Crippen MR) is 250 cm³/mol. The summed E-state index contributed by atoms with van der Waals surface area (Å²) in [5.41, 5.74) is 6.40. The molecule has 11 rings (SSSR count). The van der Waals surface area contributed by atoms with Crippen molar-refractivity contribution in [3.63, 3.8) is 0 Å². The second-order valence-electron chi connectivity index (χ2n) is 15.9. The second-order valence-corrected chi connectivity index (χ2v) is 15.9. The molecule has 0 N–H and O–H groups in total. The third-order valence-corrected chi connectivity index (χ3v) is 12.3. The third kappa shape index (κ3) is 6.30. The van der Waals surface area contributed by atoms with Gasteiger partial charge in [0.25, 0.3) is 0 Å². The van der Waals surface area contributed by atoms with Gasteiger partial charge >= 0.3 is 0 Å². The topological polar surface area (TPSA) is 97.1 Å². The van der Waals surface area contributed by atoms with Crippen molar-refractivity contribution in [3.8, 4) is 68.3 Å². The first kappa shape index (κ1) is 40.8. The van der Waals surface area contributed by atoms with E-state index in [9.17, 15) is 0 Å². The molecule has 6 aromatic heterocycles. The van der Waals surface area contributed by atoms with Gasteiger partial charge in [0.1, 0.15) is 22.8 Å². The molecule has 5 aromatic carbocycles. The number of nitrogens with zero attached hydrogens (tertiary/aromatic N) is 10. The molecule has 0 spiro atoms. The van der Waals surface area contributed by atoms with Crippen molar-refractivity contribution in [3.05, 3.63) is 145 Å². The van der Waals surface area contributed by atoms with Crippen LogP contribution in [0, 0.1) is 23.3 Å². The molecule has 11 aromatic rings. The number of rotatable bonds is 10. The summed E-state index contributed by atoms with van der Waals surface area (Å²) < 4.78 is 73.4. The Morgan fingerprint density at radius 2 is 0.636 bits per heavy atom. The van der Waals surface area contributed by atoms with E-state index in [1.54, 1.807) is 12.1 Å². The number of imidazole rings is 4. The molecular formula is C52H40F4N10. The zero-order valence-corrected chi connectivity index (χ0v) is 36.4. The van der Waals surface area contributed by atoms with Crippen LogP contribution >= 0.6 is 0 Å². The first-order chi connectivity index (χ1) is 32.2. The minimum Gasteiger partial charge on any atom is -0.323 e. The molecule has 0 unspecified atom stereocenters. The number of halogens is 4. The smallest absolute Gasteiger partial charge is 0.170 e. The fourth-order valence-corrected chi connectivity index (χ4v) is 9.29. The Morgan fingerprint density at radius 1 is 0.333 bits per heavy atom. The SMILES string of the molecule is CCn1c(-c2cccc(-c3nc4cc(-c5c(F)c(F)c(-c6ccc7c(c6)nc(-c6cccc(-c8nc9ccccc9n8CC)n6)n7CC)c(F)c5F)ccc4n3CC)n2)nc2ccccc21.